The van der Waals surface area contributed by atoms with Crippen LogP contribution in [0.15, 0.2) is 18.2 Å². The third-order valence-electron chi connectivity index (χ3n) is 2.28. The molecule has 0 unspecified atom stereocenters. The molecule has 0 aliphatic carbocycles. The molecule has 1 rings (SSSR count). The van der Waals surface area contributed by atoms with E-state index in [-0.39, 0.29) is 0 Å². The van der Waals surface area contributed by atoms with Gasteiger partial charge in [-0.1, -0.05) is 19.4 Å². The normalized spacial score (nSPS) is 10.1. The molecule has 2 heteroatoms. The number of rotatable bonds is 6. The van der Waals surface area contributed by atoms with Crippen molar-refractivity contribution in [2.24, 2.45) is 0 Å². The van der Waals surface area contributed by atoms with Crippen LogP contribution in [0.5, 0.6) is 5.75 Å². The number of unbranched alkanes of at least 4 members (excludes halogenated alkanes) is 1. The summed E-state index contributed by atoms with van der Waals surface area (Å²) in [6.45, 7) is 8.02. The second-order valence-corrected chi connectivity index (χ2v) is 3.71. The predicted molar refractivity (Wildman–Crippen MR) is 65.7 cm³/mol. The molecule has 84 valence electrons. The predicted octanol–water partition coefficient (Wildman–Crippen LogP) is 3.61. The molecule has 0 heterocycles. The van der Waals surface area contributed by atoms with Crippen LogP contribution in [-0.2, 0) is 0 Å². The Morgan fingerprint density at radius 2 is 2.07 bits per heavy atom. The molecule has 0 aliphatic rings. The van der Waals surface area contributed by atoms with Crippen LogP contribution < -0.4 is 10.1 Å². The average Bonchev–Trinajstić information content (AvgIpc) is 2.22. The van der Waals surface area contributed by atoms with Crippen LogP contribution in [-0.4, -0.2) is 13.2 Å². The lowest BCUT2D eigenvalue weighted by Crippen LogP contribution is -2.04. The summed E-state index contributed by atoms with van der Waals surface area (Å²) in [7, 11) is 0. The molecule has 0 saturated heterocycles. The lowest BCUT2D eigenvalue weighted by molar-refractivity contribution is 0.341. The van der Waals surface area contributed by atoms with E-state index >= 15 is 0 Å². The van der Waals surface area contributed by atoms with Gasteiger partial charge in [-0.25, -0.2) is 0 Å². The zero-order chi connectivity index (χ0) is 11.1. The van der Waals surface area contributed by atoms with E-state index in [0.717, 1.165) is 18.0 Å². The van der Waals surface area contributed by atoms with Crippen LogP contribution in [0.3, 0.4) is 0 Å². The molecule has 0 radical (unpaired) electrons. The molecule has 0 bridgehead atoms. The molecule has 0 fully saturated rings. The summed E-state index contributed by atoms with van der Waals surface area (Å²) in [5.74, 6) is 0.966. The molecule has 0 saturated carbocycles. The van der Waals surface area contributed by atoms with Crippen molar-refractivity contribution in [2.45, 2.75) is 33.6 Å². The fraction of sp³-hybridized carbons (Fsp3) is 0.538. The lowest BCUT2D eigenvalue weighted by atomic mass is 10.2. The van der Waals surface area contributed by atoms with E-state index in [1.54, 1.807) is 0 Å². The van der Waals surface area contributed by atoms with Crippen molar-refractivity contribution in [2.75, 3.05) is 18.5 Å². The van der Waals surface area contributed by atoms with Gasteiger partial charge in [-0.2, -0.15) is 0 Å². The zero-order valence-electron chi connectivity index (χ0n) is 9.97. The summed E-state index contributed by atoms with van der Waals surface area (Å²) in [6, 6.07) is 6.28. The smallest absolute Gasteiger partial charge is 0.142 e. The molecule has 0 aromatic heterocycles. The Labute approximate surface area is 92.6 Å². The summed E-state index contributed by atoms with van der Waals surface area (Å²) in [6.07, 6.45) is 2.41. The Morgan fingerprint density at radius 1 is 1.27 bits per heavy atom. The Morgan fingerprint density at radius 3 is 2.73 bits per heavy atom. The first-order valence-corrected chi connectivity index (χ1v) is 5.75. The monoisotopic (exact) mass is 207 g/mol. The number of anilines is 1. The second kappa shape index (κ2) is 6.33. The van der Waals surface area contributed by atoms with E-state index in [1.165, 1.54) is 18.4 Å². The number of benzene rings is 1. The van der Waals surface area contributed by atoms with E-state index in [4.69, 9.17) is 4.74 Å². The topological polar surface area (TPSA) is 21.3 Å². The van der Waals surface area contributed by atoms with Crippen LogP contribution in [0.25, 0.3) is 0 Å². The van der Waals surface area contributed by atoms with Gasteiger partial charge in [0.2, 0.25) is 0 Å². The molecule has 0 spiro atoms. The Kier molecular flexibility index (Phi) is 5.02. The van der Waals surface area contributed by atoms with Crippen molar-refractivity contribution in [3.8, 4) is 5.75 Å². The summed E-state index contributed by atoms with van der Waals surface area (Å²) >= 11 is 0. The minimum absolute atomic E-state index is 0.714. The van der Waals surface area contributed by atoms with Crippen LogP contribution in [0.2, 0.25) is 0 Å². The first-order valence-electron chi connectivity index (χ1n) is 5.75. The molecule has 2 nitrogen and oxygen atoms in total. The van der Waals surface area contributed by atoms with Crippen LogP contribution in [0.1, 0.15) is 32.3 Å². The highest BCUT2D eigenvalue weighted by atomic mass is 16.5. The third-order valence-corrected chi connectivity index (χ3v) is 2.28. The maximum absolute atomic E-state index is 5.59. The standard InChI is InChI=1S/C13H21NO/c1-4-6-9-14-12-8-7-11(3)10-13(12)15-5-2/h7-8,10,14H,4-6,9H2,1-3H3. The molecular formula is C13H21NO. The highest BCUT2D eigenvalue weighted by molar-refractivity contribution is 5.57. The molecular weight excluding hydrogens is 186 g/mol. The quantitative estimate of drug-likeness (QED) is 0.719. The Bertz CT molecular complexity index is 297. The van der Waals surface area contributed by atoms with Crippen LogP contribution >= 0.6 is 0 Å². The third kappa shape index (κ3) is 3.82. The van der Waals surface area contributed by atoms with Gasteiger partial charge in [-0.05, 0) is 38.0 Å². The highest BCUT2D eigenvalue weighted by Crippen LogP contribution is 2.25. The van der Waals surface area contributed by atoms with E-state index in [2.05, 4.69) is 37.4 Å². The van der Waals surface area contributed by atoms with Crippen molar-refractivity contribution in [1.29, 1.82) is 0 Å². The summed E-state index contributed by atoms with van der Waals surface area (Å²) in [5.41, 5.74) is 2.34. The van der Waals surface area contributed by atoms with Gasteiger partial charge in [0.1, 0.15) is 5.75 Å². The van der Waals surface area contributed by atoms with Crippen molar-refractivity contribution >= 4 is 5.69 Å². The minimum atomic E-state index is 0.714. The Hall–Kier alpha value is -1.18. The van der Waals surface area contributed by atoms with Crippen LogP contribution in [0.4, 0.5) is 5.69 Å². The molecule has 0 amide bonds. The van der Waals surface area contributed by atoms with Gasteiger partial charge in [0.15, 0.2) is 0 Å². The maximum Gasteiger partial charge on any atom is 0.142 e. The number of ether oxygens (including phenoxy) is 1. The first-order chi connectivity index (χ1) is 7.27. The molecule has 1 N–H and O–H groups in total. The van der Waals surface area contributed by atoms with Gasteiger partial charge in [0.25, 0.3) is 0 Å². The number of hydrogen-bond donors (Lipinski definition) is 1. The summed E-state index contributed by atoms with van der Waals surface area (Å²) in [4.78, 5) is 0. The van der Waals surface area contributed by atoms with Crippen molar-refractivity contribution in [3.63, 3.8) is 0 Å². The fourth-order valence-corrected chi connectivity index (χ4v) is 1.45. The van der Waals surface area contributed by atoms with Crippen molar-refractivity contribution in [3.05, 3.63) is 23.8 Å². The van der Waals surface area contributed by atoms with Gasteiger partial charge in [-0.15, -0.1) is 0 Å². The first kappa shape index (κ1) is 11.9. The molecule has 1 aromatic carbocycles. The number of aryl methyl sites for hydroxylation is 1. The summed E-state index contributed by atoms with van der Waals surface area (Å²) < 4.78 is 5.59. The van der Waals surface area contributed by atoms with Gasteiger partial charge in [0, 0.05) is 6.54 Å². The van der Waals surface area contributed by atoms with E-state index < -0.39 is 0 Å². The SMILES string of the molecule is CCCCNc1ccc(C)cc1OCC. The molecule has 1 aromatic rings. The number of hydrogen-bond acceptors (Lipinski definition) is 2. The van der Waals surface area contributed by atoms with E-state index in [0.29, 0.717) is 6.61 Å². The average molecular weight is 207 g/mol. The molecule has 0 atom stereocenters. The highest BCUT2D eigenvalue weighted by Gasteiger charge is 2.02. The summed E-state index contributed by atoms with van der Waals surface area (Å²) in [5, 5.41) is 3.40. The van der Waals surface area contributed by atoms with Crippen molar-refractivity contribution < 1.29 is 4.74 Å². The fourth-order valence-electron chi connectivity index (χ4n) is 1.45. The zero-order valence-corrected chi connectivity index (χ0v) is 9.97. The molecule has 0 aliphatic heterocycles. The second-order valence-electron chi connectivity index (χ2n) is 3.71. The van der Waals surface area contributed by atoms with Gasteiger partial charge >= 0.3 is 0 Å². The Balaban J connectivity index is 2.67. The number of nitrogens with one attached hydrogen (secondary N) is 1. The molecule has 15 heavy (non-hydrogen) atoms. The maximum atomic E-state index is 5.59. The largest absolute Gasteiger partial charge is 0.492 e. The van der Waals surface area contributed by atoms with E-state index in [9.17, 15) is 0 Å². The van der Waals surface area contributed by atoms with Crippen LogP contribution in [0, 0.1) is 6.92 Å². The van der Waals surface area contributed by atoms with Gasteiger partial charge < -0.3 is 10.1 Å². The van der Waals surface area contributed by atoms with Crippen molar-refractivity contribution in [1.82, 2.24) is 0 Å². The lowest BCUT2D eigenvalue weighted by Gasteiger charge is -2.12. The van der Waals surface area contributed by atoms with Gasteiger partial charge in [0.05, 0.1) is 12.3 Å². The minimum Gasteiger partial charge on any atom is -0.492 e. The van der Waals surface area contributed by atoms with E-state index in [1.807, 2.05) is 6.92 Å². The van der Waals surface area contributed by atoms with Gasteiger partial charge in [-0.3, -0.25) is 0 Å².